The van der Waals surface area contributed by atoms with E-state index in [1.807, 2.05) is 0 Å². The van der Waals surface area contributed by atoms with Crippen molar-refractivity contribution in [3.8, 4) is 0 Å². The Kier molecular flexibility index (Phi) is 4.83. The van der Waals surface area contributed by atoms with Crippen LogP contribution in [0.25, 0.3) is 0 Å². The third kappa shape index (κ3) is 3.64. The number of aliphatic carboxylic acids is 1. The van der Waals surface area contributed by atoms with E-state index in [-0.39, 0.29) is 0 Å². The molecule has 0 spiro atoms. The number of amides is 1. The number of benzene rings is 1. The number of hydrogen-bond donors (Lipinski definition) is 2. The molecule has 19 heavy (non-hydrogen) atoms. The lowest BCUT2D eigenvalue weighted by Crippen LogP contribution is -2.40. The van der Waals surface area contributed by atoms with E-state index in [1.165, 1.54) is 13.8 Å². The Morgan fingerprint density at radius 2 is 1.84 bits per heavy atom. The van der Waals surface area contributed by atoms with Crippen LogP contribution in [0.5, 0.6) is 0 Å². The molecule has 7 heteroatoms. The Hall–Kier alpha value is -1.69. The van der Waals surface area contributed by atoms with Gasteiger partial charge < -0.3 is 10.4 Å². The molecular formula is C12H12ClF2NO3. The van der Waals surface area contributed by atoms with Crippen molar-refractivity contribution in [3.63, 3.8) is 0 Å². The van der Waals surface area contributed by atoms with Crippen molar-refractivity contribution in [2.24, 2.45) is 5.92 Å². The molecule has 0 saturated heterocycles. The summed E-state index contributed by atoms with van der Waals surface area (Å²) in [5.41, 5.74) is -0.522. The fraction of sp³-hybridized carbons (Fsp3) is 0.333. The second-order valence-electron chi connectivity index (χ2n) is 4.14. The Balaban J connectivity index is 2.90. The summed E-state index contributed by atoms with van der Waals surface area (Å²) in [4.78, 5) is 22.4. The van der Waals surface area contributed by atoms with Gasteiger partial charge in [-0.1, -0.05) is 11.6 Å². The summed E-state index contributed by atoms with van der Waals surface area (Å²) in [6.07, 6.45) is 0. The maximum atomic E-state index is 13.5. The number of carboxylic acids is 1. The molecule has 4 nitrogen and oxygen atoms in total. The Morgan fingerprint density at radius 3 is 2.37 bits per heavy atom. The van der Waals surface area contributed by atoms with Gasteiger partial charge in [-0.05, 0) is 26.0 Å². The van der Waals surface area contributed by atoms with Gasteiger partial charge in [-0.3, -0.25) is 9.59 Å². The van der Waals surface area contributed by atoms with E-state index < -0.39 is 46.1 Å². The molecule has 1 amide bonds. The number of nitrogens with one attached hydrogen (secondary N) is 1. The average molecular weight is 292 g/mol. The summed E-state index contributed by atoms with van der Waals surface area (Å²) in [7, 11) is 0. The van der Waals surface area contributed by atoms with E-state index in [2.05, 4.69) is 5.32 Å². The van der Waals surface area contributed by atoms with Crippen molar-refractivity contribution < 1.29 is 23.5 Å². The molecule has 0 aliphatic rings. The van der Waals surface area contributed by atoms with Crippen LogP contribution < -0.4 is 5.32 Å². The second-order valence-corrected chi connectivity index (χ2v) is 4.54. The number of halogens is 3. The highest BCUT2D eigenvalue weighted by atomic mass is 35.5. The predicted molar refractivity (Wildman–Crippen MR) is 65.1 cm³/mol. The highest BCUT2D eigenvalue weighted by molar-refractivity contribution is 6.30. The van der Waals surface area contributed by atoms with E-state index in [1.54, 1.807) is 0 Å². The van der Waals surface area contributed by atoms with Gasteiger partial charge in [0.05, 0.1) is 16.5 Å². The number of carbonyl (C=O) groups is 2. The van der Waals surface area contributed by atoms with Gasteiger partial charge >= 0.3 is 5.97 Å². The normalized spacial score (nSPS) is 13.7. The Morgan fingerprint density at radius 1 is 1.26 bits per heavy atom. The van der Waals surface area contributed by atoms with Crippen LogP contribution >= 0.6 is 11.6 Å². The molecule has 2 atom stereocenters. The monoisotopic (exact) mass is 291 g/mol. The third-order valence-electron chi connectivity index (χ3n) is 2.75. The highest BCUT2D eigenvalue weighted by Crippen LogP contribution is 2.19. The lowest BCUT2D eigenvalue weighted by Gasteiger charge is -2.18. The zero-order valence-corrected chi connectivity index (χ0v) is 11.0. The maximum Gasteiger partial charge on any atom is 0.308 e. The molecule has 0 aromatic heterocycles. The van der Waals surface area contributed by atoms with Gasteiger partial charge in [0.1, 0.15) is 11.6 Å². The zero-order valence-electron chi connectivity index (χ0n) is 10.2. The summed E-state index contributed by atoms with van der Waals surface area (Å²) in [5.74, 6) is -4.75. The summed E-state index contributed by atoms with van der Waals surface area (Å²) in [5, 5.41) is 10.6. The Bertz CT molecular complexity index is 522. The number of rotatable bonds is 4. The first-order chi connectivity index (χ1) is 8.73. The fourth-order valence-electron chi connectivity index (χ4n) is 1.32. The van der Waals surface area contributed by atoms with Crippen molar-refractivity contribution in [1.29, 1.82) is 0 Å². The number of carbonyl (C=O) groups excluding carboxylic acids is 1. The first-order valence-electron chi connectivity index (χ1n) is 5.42. The average Bonchev–Trinajstić information content (AvgIpc) is 2.32. The molecule has 1 aromatic carbocycles. The standard InChI is InChI=1S/C12H12ClF2NO3/c1-5(12(18)19)6(2)16-11(17)7-3-10(15)8(13)4-9(7)14/h3-6H,1-2H3,(H,16,17)(H,18,19). The van der Waals surface area contributed by atoms with Gasteiger partial charge in [0, 0.05) is 6.04 Å². The quantitative estimate of drug-likeness (QED) is 0.838. The zero-order chi connectivity index (χ0) is 14.7. The van der Waals surface area contributed by atoms with E-state index in [9.17, 15) is 18.4 Å². The van der Waals surface area contributed by atoms with Gasteiger partial charge in [0.15, 0.2) is 0 Å². The summed E-state index contributed by atoms with van der Waals surface area (Å²) in [6.45, 7) is 2.85. The minimum atomic E-state index is -1.10. The number of hydrogen-bond acceptors (Lipinski definition) is 2. The van der Waals surface area contributed by atoms with E-state index in [0.717, 1.165) is 0 Å². The van der Waals surface area contributed by atoms with E-state index in [0.29, 0.717) is 12.1 Å². The van der Waals surface area contributed by atoms with Crippen LogP contribution in [0, 0.1) is 17.6 Å². The summed E-state index contributed by atoms with van der Waals surface area (Å²) >= 11 is 5.36. The van der Waals surface area contributed by atoms with Crippen LogP contribution in [0.1, 0.15) is 24.2 Å². The molecule has 2 N–H and O–H groups in total. The molecule has 104 valence electrons. The van der Waals surface area contributed by atoms with Gasteiger partial charge in [0.25, 0.3) is 5.91 Å². The van der Waals surface area contributed by atoms with Crippen molar-refractivity contribution in [2.75, 3.05) is 0 Å². The molecule has 2 unspecified atom stereocenters. The van der Waals surface area contributed by atoms with E-state index in [4.69, 9.17) is 16.7 Å². The minimum Gasteiger partial charge on any atom is -0.481 e. The molecule has 0 fully saturated rings. The van der Waals surface area contributed by atoms with Crippen LogP contribution in [0.4, 0.5) is 8.78 Å². The van der Waals surface area contributed by atoms with Gasteiger partial charge in [-0.2, -0.15) is 0 Å². The molecule has 0 radical (unpaired) electrons. The van der Waals surface area contributed by atoms with Crippen molar-refractivity contribution in [2.45, 2.75) is 19.9 Å². The molecule has 0 aliphatic heterocycles. The third-order valence-corrected chi connectivity index (χ3v) is 3.04. The molecule has 0 bridgehead atoms. The highest BCUT2D eigenvalue weighted by Gasteiger charge is 2.23. The van der Waals surface area contributed by atoms with Crippen LogP contribution in [0.15, 0.2) is 12.1 Å². The van der Waals surface area contributed by atoms with Crippen LogP contribution in [0.3, 0.4) is 0 Å². The SMILES string of the molecule is CC(NC(=O)c1cc(F)c(Cl)cc1F)C(C)C(=O)O. The Labute approximate surface area is 113 Å². The molecule has 0 heterocycles. The number of carboxylic acid groups (broad SMARTS) is 1. The molecular weight excluding hydrogens is 280 g/mol. The molecule has 1 rings (SSSR count). The lowest BCUT2D eigenvalue weighted by molar-refractivity contribution is -0.141. The fourth-order valence-corrected chi connectivity index (χ4v) is 1.47. The molecule has 0 aliphatic carbocycles. The first kappa shape index (κ1) is 15.4. The van der Waals surface area contributed by atoms with Gasteiger partial charge in [0.2, 0.25) is 0 Å². The van der Waals surface area contributed by atoms with Crippen LogP contribution in [0.2, 0.25) is 5.02 Å². The summed E-state index contributed by atoms with van der Waals surface area (Å²) in [6, 6.07) is 0.630. The van der Waals surface area contributed by atoms with Crippen LogP contribution in [-0.4, -0.2) is 23.0 Å². The molecule has 0 saturated carbocycles. The topological polar surface area (TPSA) is 66.4 Å². The van der Waals surface area contributed by atoms with Crippen molar-refractivity contribution >= 4 is 23.5 Å². The van der Waals surface area contributed by atoms with Crippen LogP contribution in [-0.2, 0) is 4.79 Å². The van der Waals surface area contributed by atoms with E-state index >= 15 is 0 Å². The van der Waals surface area contributed by atoms with Gasteiger partial charge in [-0.15, -0.1) is 0 Å². The van der Waals surface area contributed by atoms with Crippen molar-refractivity contribution in [1.82, 2.24) is 5.32 Å². The smallest absolute Gasteiger partial charge is 0.308 e. The van der Waals surface area contributed by atoms with Crippen molar-refractivity contribution in [3.05, 3.63) is 34.4 Å². The largest absolute Gasteiger partial charge is 0.481 e. The predicted octanol–water partition coefficient (Wildman–Crippen LogP) is 2.46. The maximum absolute atomic E-state index is 13.5. The minimum absolute atomic E-state index is 0.430. The second kappa shape index (κ2) is 5.97. The molecule has 1 aromatic rings. The first-order valence-corrected chi connectivity index (χ1v) is 5.80. The van der Waals surface area contributed by atoms with Gasteiger partial charge in [-0.25, -0.2) is 8.78 Å². The summed E-state index contributed by atoms with van der Waals surface area (Å²) < 4.78 is 26.6. The lowest BCUT2D eigenvalue weighted by atomic mass is 10.0.